The predicted octanol–water partition coefficient (Wildman–Crippen LogP) is 0.228. The number of ether oxygens (including phenoxy) is 2. The third-order valence-electron chi connectivity index (χ3n) is 3.33. The molecule has 1 aromatic carbocycles. The number of aliphatic hydroxyl groups excluding tert-OH is 1. The smallest absolute Gasteiger partial charge is 0.163 e. The van der Waals surface area contributed by atoms with Gasteiger partial charge < -0.3 is 24.8 Å². The van der Waals surface area contributed by atoms with Crippen LogP contribution in [0.5, 0.6) is 11.5 Å². The average molecular weight is 250 g/mol. The molecule has 2 N–H and O–H groups in total. The molecule has 2 heterocycles. The Morgan fingerprint density at radius 2 is 2.11 bits per heavy atom. The minimum Gasteiger partial charge on any atom is -0.486 e. The van der Waals surface area contributed by atoms with Crippen LogP contribution in [-0.4, -0.2) is 50.6 Å². The lowest BCUT2D eigenvalue weighted by atomic mass is 10.2. The van der Waals surface area contributed by atoms with Gasteiger partial charge >= 0.3 is 0 Å². The van der Waals surface area contributed by atoms with Gasteiger partial charge in [-0.1, -0.05) is 0 Å². The van der Waals surface area contributed by atoms with Crippen LogP contribution >= 0.6 is 0 Å². The molecule has 0 aromatic heterocycles. The van der Waals surface area contributed by atoms with Gasteiger partial charge in [0.25, 0.3) is 0 Å². The molecule has 1 fully saturated rings. The molecule has 1 unspecified atom stereocenters. The highest BCUT2D eigenvalue weighted by molar-refractivity contribution is 5.57. The van der Waals surface area contributed by atoms with E-state index in [1.165, 1.54) is 0 Å². The Bertz CT molecular complexity index is 419. The van der Waals surface area contributed by atoms with Gasteiger partial charge in [0.2, 0.25) is 0 Å². The zero-order valence-electron chi connectivity index (χ0n) is 10.3. The number of hydrogen-bond acceptors (Lipinski definition) is 5. The molecule has 1 atom stereocenters. The lowest BCUT2D eigenvalue weighted by Gasteiger charge is -2.31. The van der Waals surface area contributed by atoms with Crippen LogP contribution in [0.2, 0.25) is 0 Å². The second-order valence-corrected chi connectivity index (χ2v) is 4.60. The van der Waals surface area contributed by atoms with E-state index in [1.54, 1.807) is 0 Å². The van der Waals surface area contributed by atoms with Crippen molar-refractivity contribution in [1.29, 1.82) is 0 Å². The molecule has 98 valence electrons. The third kappa shape index (κ3) is 2.23. The summed E-state index contributed by atoms with van der Waals surface area (Å²) in [6, 6.07) is 6.01. The van der Waals surface area contributed by atoms with Crippen molar-refractivity contribution in [3.63, 3.8) is 0 Å². The zero-order valence-corrected chi connectivity index (χ0v) is 10.3. The fourth-order valence-electron chi connectivity index (χ4n) is 2.31. The molecule has 0 radical (unpaired) electrons. The molecule has 1 saturated heterocycles. The van der Waals surface area contributed by atoms with E-state index in [0.717, 1.165) is 43.4 Å². The lowest BCUT2D eigenvalue weighted by Crippen LogP contribution is -2.43. The van der Waals surface area contributed by atoms with E-state index in [9.17, 15) is 0 Å². The van der Waals surface area contributed by atoms with E-state index >= 15 is 0 Å². The number of nitrogens with zero attached hydrogens (tertiary/aromatic N) is 1. The Balaban J connectivity index is 1.81. The molecule has 3 rings (SSSR count). The van der Waals surface area contributed by atoms with Gasteiger partial charge in [-0.2, -0.15) is 0 Å². The molecule has 0 saturated carbocycles. The zero-order chi connectivity index (χ0) is 12.4. The molecular weight excluding hydrogens is 232 g/mol. The van der Waals surface area contributed by atoms with E-state index < -0.39 is 0 Å². The van der Waals surface area contributed by atoms with Crippen molar-refractivity contribution in [3.8, 4) is 11.5 Å². The van der Waals surface area contributed by atoms with Gasteiger partial charge in [0.15, 0.2) is 17.6 Å². The molecule has 2 aliphatic heterocycles. The molecule has 18 heavy (non-hydrogen) atoms. The fraction of sp³-hybridized carbons (Fsp3) is 0.538. The van der Waals surface area contributed by atoms with E-state index in [4.69, 9.17) is 14.6 Å². The van der Waals surface area contributed by atoms with Crippen molar-refractivity contribution >= 4 is 5.69 Å². The quantitative estimate of drug-likeness (QED) is 0.787. The largest absolute Gasteiger partial charge is 0.486 e. The highest BCUT2D eigenvalue weighted by Crippen LogP contribution is 2.35. The van der Waals surface area contributed by atoms with Gasteiger partial charge in [-0.15, -0.1) is 0 Å². The predicted molar refractivity (Wildman–Crippen MR) is 68.5 cm³/mol. The van der Waals surface area contributed by atoms with E-state index in [2.05, 4.69) is 16.3 Å². The summed E-state index contributed by atoms with van der Waals surface area (Å²) < 4.78 is 11.2. The van der Waals surface area contributed by atoms with Crippen LogP contribution in [0.4, 0.5) is 5.69 Å². The van der Waals surface area contributed by atoms with Crippen LogP contribution in [0, 0.1) is 0 Å². The second-order valence-electron chi connectivity index (χ2n) is 4.60. The molecular formula is C13H18N2O3. The van der Waals surface area contributed by atoms with Crippen LogP contribution in [0.3, 0.4) is 0 Å². The Morgan fingerprint density at radius 1 is 1.28 bits per heavy atom. The minimum absolute atomic E-state index is 0.0166. The molecule has 1 aromatic rings. The fourth-order valence-corrected chi connectivity index (χ4v) is 2.31. The van der Waals surface area contributed by atoms with Gasteiger partial charge in [-0.3, -0.25) is 0 Å². The Kier molecular flexibility index (Phi) is 3.25. The number of anilines is 1. The average Bonchev–Trinajstić information content (AvgIpc) is 2.47. The number of benzene rings is 1. The molecule has 2 aliphatic rings. The van der Waals surface area contributed by atoms with Gasteiger partial charge in [0.1, 0.15) is 6.61 Å². The maximum atomic E-state index is 9.11. The Morgan fingerprint density at radius 3 is 2.89 bits per heavy atom. The number of hydrogen-bond donors (Lipinski definition) is 2. The SMILES string of the molecule is OCC1COc2ccc(N3CCNCC3)cc2O1. The molecule has 0 aliphatic carbocycles. The number of nitrogens with one attached hydrogen (secondary N) is 1. The number of piperazine rings is 1. The first-order chi connectivity index (χ1) is 8.86. The highest BCUT2D eigenvalue weighted by atomic mass is 16.6. The normalized spacial score (nSPS) is 22.9. The van der Waals surface area contributed by atoms with Crippen molar-refractivity contribution in [2.75, 3.05) is 44.3 Å². The van der Waals surface area contributed by atoms with Gasteiger partial charge in [0.05, 0.1) is 6.61 Å². The van der Waals surface area contributed by atoms with E-state index in [0.29, 0.717) is 6.61 Å². The Labute approximate surface area is 106 Å². The van der Waals surface area contributed by atoms with Crippen LogP contribution in [0.1, 0.15) is 0 Å². The van der Waals surface area contributed by atoms with Crippen LogP contribution < -0.4 is 19.7 Å². The summed E-state index contributed by atoms with van der Waals surface area (Å²) in [5, 5.41) is 12.4. The van der Waals surface area contributed by atoms with Gasteiger partial charge in [-0.05, 0) is 12.1 Å². The van der Waals surface area contributed by atoms with Crippen molar-refractivity contribution < 1.29 is 14.6 Å². The molecule has 0 bridgehead atoms. The molecule has 0 spiro atoms. The van der Waals surface area contributed by atoms with Crippen LogP contribution in [0.15, 0.2) is 18.2 Å². The summed E-state index contributed by atoms with van der Waals surface area (Å²) in [6.45, 7) is 4.42. The third-order valence-corrected chi connectivity index (χ3v) is 3.33. The standard InChI is InChI=1S/C13H18N2O3/c16-8-11-9-17-12-2-1-10(7-13(12)18-11)15-5-3-14-4-6-15/h1-2,7,11,14,16H,3-6,8-9H2. The maximum Gasteiger partial charge on any atom is 0.163 e. The van der Waals surface area contributed by atoms with Crippen molar-refractivity contribution in [2.45, 2.75) is 6.10 Å². The monoisotopic (exact) mass is 250 g/mol. The number of aliphatic hydroxyl groups is 1. The summed E-state index contributed by atoms with van der Waals surface area (Å²) in [5.74, 6) is 1.50. The van der Waals surface area contributed by atoms with E-state index in [-0.39, 0.29) is 12.7 Å². The van der Waals surface area contributed by atoms with Gasteiger partial charge in [-0.25, -0.2) is 0 Å². The summed E-state index contributed by atoms with van der Waals surface area (Å²) >= 11 is 0. The van der Waals surface area contributed by atoms with Crippen LogP contribution in [-0.2, 0) is 0 Å². The first kappa shape index (κ1) is 11.6. The lowest BCUT2D eigenvalue weighted by molar-refractivity contribution is 0.0457. The van der Waals surface area contributed by atoms with Gasteiger partial charge in [0, 0.05) is 37.9 Å². The van der Waals surface area contributed by atoms with Crippen LogP contribution in [0.25, 0.3) is 0 Å². The summed E-state index contributed by atoms with van der Waals surface area (Å²) in [7, 11) is 0. The first-order valence-corrected chi connectivity index (χ1v) is 6.37. The van der Waals surface area contributed by atoms with Crippen molar-refractivity contribution in [1.82, 2.24) is 5.32 Å². The van der Waals surface area contributed by atoms with Crippen molar-refractivity contribution in [3.05, 3.63) is 18.2 Å². The molecule has 5 heteroatoms. The minimum atomic E-state index is -0.254. The van der Waals surface area contributed by atoms with Crippen molar-refractivity contribution in [2.24, 2.45) is 0 Å². The maximum absolute atomic E-state index is 9.11. The van der Waals surface area contributed by atoms with E-state index in [1.807, 2.05) is 12.1 Å². The molecule has 0 amide bonds. The topological polar surface area (TPSA) is 54.0 Å². The highest BCUT2D eigenvalue weighted by Gasteiger charge is 2.21. The number of rotatable bonds is 2. The second kappa shape index (κ2) is 5.04. The summed E-state index contributed by atoms with van der Waals surface area (Å²) in [5.41, 5.74) is 1.15. The molecule has 5 nitrogen and oxygen atoms in total. The first-order valence-electron chi connectivity index (χ1n) is 6.37. The summed E-state index contributed by atoms with van der Waals surface area (Å²) in [6.07, 6.45) is -0.254. The number of fused-ring (bicyclic) bond motifs is 1. The summed E-state index contributed by atoms with van der Waals surface area (Å²) in [4.78, 5) is 2.32. The Hall–Kier alpha value is -1.46.